The number of anilines is 1. The highest BCUT2D eigenvalue weighted by atomic mass is 16.5. The van der Waals surface area contributed by atoms with E-state index in [9.17, 15) is 9.59 Å². The van der Waals surface area contributed by atoms with Crippen molar-refractivity contribution in [3.63, 3.8) is 0 Å². The summed E-state index contributed by atoms with van der Waals surface area (Å²) < 4.78 is 5.01. The Morgan fingerprint density at radius 3 is 2.39 bits per heavy atom. The van der Waals surface area contributed by atoms with Crippen LogP contribution in [-0.4, -0.2) is 31.6 Å². The molecule has 0 aliphatic carbocycles. The van der Waals surface area contributed by atoms with Gasteiger partial charge < -0.3 is 15.0 Å². The van der Waals surface area contributed by atoms with E-state index in [1.807, 2.05) is 6.07 Å². The molecule has 31 heavy (non-hydrogen) atoms. The molecule has 164 valence electrons. The van der Waals surface area contributed by atoms with Crippen molar-refractivity contribution in [1.82, 2.24) is 5.32 Å². The number of carbonyl (C=O) groups is 2. The first-order chi connectivity index (χ1) is 15.1. The number of nitrogens with zero attached hydrogens (tertiary/aromatic N) is 1. The van der Waals surface area contributed by atoms with Gasteiger partial charge >= 0.3 is 5.97 Å². The number of ether oxygens (including phenoxy) is 1. The van der Waals surface area contributed by atoms with Crippen molar-refractivity contribution in [2.24, 2.45) is 0 Å². The van der Waals surface area contributed by atoms with Gasteiger partial charge in [-0.1, -0.05) is 43.3 Å². The topological polar surface area (TPSA) is 58.6 Å². The molecular weight excluding hydrogens is 388 g/mol. The Hall–Kier alpha value is -3.08. The van der Waals surface area contributed by atoms with Gasteiger partial charge in [-0.05, 0) is 56.4 Å². The molecule has 3 rings (SSSR count). The van der Waals surface area contributed by atoms with Gasteiger partial charge in [-0.25, -0.2) is 4.79 Å². The first-order valence-electron chi connectivity index (χ1n) is 11.2. The number of amides is 1. The molecule has 5 nitrogen and oxygen atoms in total. The summed E-state index contributed by atoms with van der Waals surface area (Å²) >= 11 is 0. The minimum Gasteiger partial charge on any atom is -0.462 e. The van der Waals surface area contributed by atoms with Gasteiger partial charge in [0, 0.05) is 30.0 Å². The van der Waals surface area contributed by atoms with Crippen LogP contribution in [0.15, 0.2) is 54.6 Å². The molecule has 0 radical (unpaired) electrons. The summed E-state index contributed by atoms with van der Waals surface area (Å²) in [6.45, 7) is 6.30. The van der Waals surface area contributed by atoms with Crippen LogP contribution in [0, 0.1) is 0 Å². The number of hydrogen-bond donors (Lipinski definition) is 1. The normalized spacial score (nSPS) is 14.3. The second-order valence-electron chi connectivity index (χ2n) is 7.73. The number of nitrogens with one attached hydrogen (secondary N) is 1. The van der Waals surface area contributed by atoms with Crippen molar-refractivity contribution in [1.29, 1.82) is 0 Å². The smallest absolute Gasteiger partial charge is 0.338 e. The van der Waals surface area contributed by atoms with E-state index in [1.54, 1.807) is 31.2 Å². The number of rotatable bonds is 8. The van der Waals surface area contributed by atoms with E-state index in [1.165, 1.54) is 24.9 Å². The van der Waals surface area contributed by atoms with E-state index in [0.717, 1.165) is 36.3 Å². The average molecular weight is 421 g/mol. The third-order valence-electron chi connectivity index (χ3n) is 5.40. The van der Waals surface area contributed by atoms with Crippen LogP contribution in [0.3, 0.4) is 0 Å². The first-order valence-corrected chi connectivity index (χ1v) is 11.2. The quantitative estimate of drug-likeness (QED) is 0.613. The third kappa shape index (κ3) is 6.20. The van der Waals surface area contributed by atoms with Gasteiger partial charge in [0.15, 0.2) is 0 Å². The van der Waals surface area contributed by atoms with Crippen molar-refractivity contribution < 1.29 is 14.3 Å². The van der Waals surface area contributed by atoms with Crippen molar-refractivity contribution in [3.05, 3.63) is 71.3 Å². The average Bonchev–Trinajstić information content (AvgIpc) is 2.80. The number of allylic oxidation sites excluding steroid dienone is 1. The maximum absolute atomic E-state index is 12.8. The summed E-state index contributed by atoms with van der Waals surface area (Å²) in [5.41, 5.74) is 4.45. The summed E-state index contributed by atoms with van der Waals surface area (Å²) in [5, 5.41) is 3.12. The van der Waals surface area contributed by atoms with Crippen molar-refractivity contribution in [3.8, 4) is 0 Å². The molecule has 0 saturated carbocycles. The van der Waals surface area contributed by atoms with Gasteiger partial charge in [-0.15, -0.1) is 0 Å². The molecule has 1 heterocycles. The lowest BCUT2D eigenvalue weighted by molar-refractivity contribution is -0.119. The number of benzene rings is 2. The van der Waals surface area contributed by atoms with Gasteiger partial charge in [0.2, 0.25) is 5.91 Å². The molecule has 2 aromatic rings. The van der Waals surface area contributed by atoms with Crippen molar-refractivity contribution >= 4 is 23.3 Å². The van der Waals surface area contributed by atoms with E-state index in [0.29, 0.717) is 12.2 Å². The van der Waals surface area contributed by atoms with Gasteiger partial charge in [0.05, 0.1) is 18.6 Å². The fourth-order valence-electron chi connectivity index (χ4n) is 3.90. The molecule has 1 aliphatic heterocycles. The highest BCUT2D eigenvalue weighted by Gasteiger charge is 2.17. The molecule has 1 aliphatic rings. The zero-order chi connectivity index (χ0) is 22.1. The van der Waals surface area contributed by atoms with E-state index < -0.39 is 0 Å². The molecule has 5 heteroatoms. The molecule has 1 N–H and O–H groups in total. The second-order valence-corrected chi connectivity index (χ2v) is 7.73. The van der Waals surface area contributed by atoms with Crippen LogP contribution in [0.5, 0.6) is 0 Å². The lowest BCUT2D eigenvalue weighted by atomic mass is 10.0. The predicted molar refractivity (Wildman–Crippen MR) is 125 cm³/mol. The summed E-state index contributed by atoms with van der Waals surface area (Å²) in [6, 6.07) is 15.3. The molecule has 0 atom stereocenters. The van der Waals surface area contributed by atoms with Crippen LogP contribution in [0.1, 0.15) is 61.0 Å². The van der Waals surface area contributed by atoms with Crippen LogP contribution >= 0.6 is 0 Å². The Balaban J connectivity index is 1.72. The van der Waals surface area contributed by atoms with Crippen molar-refractivity contribution in [2.45, 2.75) is 46.0 Å². The van der Waals surface area contributed by atoms with Crippen LogP contribution in [-0.2, 0) is 16.0 Å². The first kappa shape index (κ1) is 22.6. The fraction of sp³-hybridized carbons (Fsp3) is 0.385. The minimum atomic E-state index is -0.346. The fourth-order valence-corrected chi connectivity index (χ4v) is 3.90. The molecule has 0 aromatic heterocycles. The summed E-state index contributed by atoms with van der Waals surface area (Å²) in [5.74, 6) is -0.419. The number of piperidine rings is 1. The molecule has 0 unspecified atom stereocenters. The van der Waals surface area contributed by atoms with E-state index in [-0.39, 0.29) is 18.3 Å². The Morgan fingerprint density at radius 1 is 1.00 bits per heavy atom. The number of para-hydroxylation sites is 1. The Bertz CT molecular complexity index is 913. The largest absolute Gasteiger partial charge is 0.462 e. The highest BCUT2D eigenvalue weighted by Crippen LogP contribution is 2.28. The lowest BCUT2D eigenvalue weighted by Crippen LogP contribution is -2.31. The standard InChI is InChI=1S/C26H32N2O3/c1-3-10-23(22-11-6-7-12-24(22)28-17-8-5-9-18-28)27-25(29)19-20-13-15-21(16-14-20)26(30)31-4-2/h6-7,10-16H,3-5,8-9,17-19H2,1-2H3,(H,27,29)/b23-10+. The van der Waals surface area contributed by atoms with E-state index in [4.69, 9.17) is 4.74 Å². The monoisotopic (exact) mass is 420 g/mol. The van der Waals surface area contributed by atoms with Gasteiger partial charge in [-0.3, -0.25) is 4.79 Å². The Morgan fingerprint density at radius 2 is 1.71 bits per heavy atom. The number of carbonyl (C=O) groups excluding carboxylic acids is 2. The SMILES string of the molecule is CC/C=C(/NC(=O)Cc1ccc(C(=O)OCC)cc1)c1ccccc1N1CCCCC1. The van der Waals surface area contributed by atoms with Crippen LogP contribution in [0.4, 0.5) is 5.69 Å². The molecule has 1 fully saturated rings. The summed E-state index contributed by atoms with van der Waals surface area (Å²) in [4.78, 5) is 27.0. The van der Waals surface area contributed by atoms with E-state index >= 15 is 0 Å². The van der Waals surface area contributed by atoms with E-state index in [2.05, 4.69) is 41.4 Å². The second kappa shape index (κ2) is 11.3. The zero-order valence-corrected chi connectivity index (χ0v) is 18.5. The van der Waals surface area contributed by atoms with Gasteiger partial charge in [0.25, 0.3) is 0 Å². The molecular formula is C26H32N2O3. The molecule has 0 spiro atoms. The number of esters is 1. The zero-order valence-electron chi connectivity index (χ0n) is 18.5. The van der Waals surface area contributed by atoms with Crippen molar-refractivity contribution in [2.75, 3.05) is 24.6 Å². The van der Waals surface area contributed by atoms with Crippen LogP contribution in [0.25, 0.3) is 5.70 Å². The van der Waals surface area contributed by atoms with Crippen LogP contribution in [0.2, 0.25) is 0 Å². The third-order valence-corrected chi connectivity index (χ3v) is 5.40. The Labute approximate surface area is 185 Å². The molecule has 2 aromatic carbocycles. The lowest BCUT2D eigenvalue weighted by Gasteiger charge is -2.31. The van der Waals surface area contributed by atoms with Gasteiger partial charge in [-0.2, -0.15) is 0 Å². The highest BCUT2D eigenvalue weighted by molar-refractivity contribution is 5.91. The molecule has 0 bridgehead atoms. The Kier molecular flexibility index (Phi) is 8.27. The minimum absolute atomic E-state index is 0.0722. The summed E-state index contributed by atoms with van der Waals surface area (Å²) in [7, 11) is 0. The van der Waals surface area contributed by atoms with Crippen LogP contribution < -0.4 is 10.2 Å². The maximum Gasteiger partial charge on any atom is 0.338 e. The molecule has 1 amide bonds. The maximum atomic E-state index is 12.8. The summed E-state index contributed by atoms with van der Waals surface area (Å²) in [6.07, 6.45) is 6.84. The predicted octanol–water partition coefficient (Wildman–Crippen LogP) is 4.96. The van der Waals surface area contributed by atoms with Gasteiger partial charge in [0.1, 0.15) is 0 Å². The number of hydrogen-bond acceptors (Lipinski definition) is 4. The molecule has 1 saturated heterocycles.